The van der Waals surface area contributed by atoms with Crippen molar-refractivity contribution < 1.29 is 0 Å². The van der Waals surface area contributed by atoms with Gasteiger partial charge in [0.25, 0.3) is 0 Å². The Kier molecular flexibility index (Phi) is 18.3. The summed E-state index contributed by atoms with van der Waals surface area (Å²) in [5.74, 6) is 2.76. The van der Waals surface area contributed by atoms with Crippen molar-refractivity contribution in [1.29, 1.82) is 0 Å². The highest BCUT2D eigenvalue weighted by Gasteiger charge is 2.07. The molecule has 0 saturated heterocycles. The highest BCUT2D eigenvalue weighted by atomic mass is 14.1. The second-order valence-electron chi connectivity index (χ2n) is 8.93. The molecular weight excluding hydrogens is 300 g/mol. The second-order valence-corrected chi connectivity index (χ2v) is 8.93. The maximum absolute atomic E-state index is 2.49. The van der Waals surface area contributed by atoms with Crippen molar-refractivity contribution in [3.05, 3.63) is 12.2 Å². The summed E-state index contributed by atoms with van der Waals surface area (Å²) in [5.41, 5.74) is 0. The number of rotatable bonds is 18. The molecule has 0 rings (SSSR count). The lowest BCUT2D eigenvalue weighted by molar-refractivity contribution is 0.397. The first-order valence-electron chi connectivity index (χ1n) is 11.7. The molecule has 150 valence electrons. The fourth-order valence-electron chi connectivity index (χ4n) is 3.81. The van der Waals surface area contributed by atoms with Crippen LogP contribution in [0.2, 0.25) is 0 Å². The Bertz CT molecular complexity index is 276. The third-order valence-electron chi connectivity index (χ3n) is 5.60. The van der Waals surface area contributed by atoms with E-state index in [1.807, 2.05) is 0 Å². The quantitative estimate of drug-likeness (QED) is 0.170. The highest BCUT2D eigenvalue weighted by molar-refractivity contribution is 4.84. The Morgan fingerprint density at radius 1 is 0.600 bits per heavy atom. The van der Waals surface area contributed by atoms with Crippen molar-refractivity contribution >= 4 is 0 Å². The highest BCUT2D eigenvalue weighted by Crippen LogP contribution is 2.22. The van der Waals surface area contributed by atoms with Gasteiger partial charge in [-0.3, -0.25) is 0 Å². The van der Waals surface area contributed by atoms with E-state index >= 15 is 0 Å². The molecule has 0 aromatic heterocycles. The number of hydrogen-bond donors (Lipinski definition) is 0. The Balaban J connectivity index is 3.70. The molecule has 0 amide bonds. The monoisotopic (exact) mass is 350 g/mol. The zero-order valence-electron chi connectivity index (χ0n) is 18.5. The first kappa shape index (κ1) is 24.7. The van der Waals surface area contributed by atoms with Crippen molar-refractivity contribution in [2.24, 2.45) is 17.8 Å². The van der Waals surface area contributed by atoms with Gasteiger partial charge in [-0.05, 0) is 37.0 Å². The molecule has 0 saturated carbocycles. The van der Waals surface area contributed by atoms with Crippen molar-refractivity contribution in [2.45, 2.75) is 131 Å². The van der Waals surface area contributed by atoms with Gasteiger partial charge in [0.1, 0.15) is 0 Å². The molecule has 0 aromatic carbocycles. The molecule has 0 N–H and O–H groups in total. The van der Waals surface area contributed by atoms with E-state index in [1.165, 1.54) is 96.3 Å². The third kappa shape index (κ3) is 18.3. The standard InChI is InChI=1S/C25H50/c1-6-8-19-24(5)20-15-16-22-25(17-7-2)21-14-12-10-9-11-13-18-23(3)4/h12,14,23-25H,6-11,13,15-22H2,1-5H3. The lowest BCUT2D eigenvalue weighted by atomic mass is 9.91. The van der Waals surface area contributed by atoms with Crippen molar-refractivity contribution in [3.8, 4) is 0 Å². The fraction of sp³-hybridized carbons (Fsp3) is 0.920. The third-order valence-corrected chi connectivity index (χ3v) is 5.60. The van der Waals surface area contributed by atoms with E-state index in [0.29, 0.717) is 0 Å². The summed E-state index contributed by atoms with van der Waals surface area (Å²) in [5, 5.41) is 0. The molecule has 0 aliphatic carbocycles. The Morgan fingerprint density at radius 2 is 1.28 bits per heavy atom. The Morgan fingerprint density at radius 3 is 1.96 bits per heavy atom. The predicted octanol–water partition coefficient (Wildman–Crippen LogP) is 9.34. The van der Waals surface area contributed by atoms with E-state index in [4.69, 9.17) is 0 Å². The molecule has 0 aliphatic heterocycles. The normalized spacial score (nSPS) is 14.5. The molecule has 0 heterocycles. The molecule has 0 nitrogen and oxygen atoms in total. The fourth-order valence-corrected chi connectivity index (χ4v) is 3.81. The van der Waals surface area contributed by atoms with Crippen LogP contribution in [-0.2, 0) is 0 Å². The van der Waals surface area contributed by atoms with Gasteiger partial charge in [-0.15, -0.1) is 0 Å². The van der Waals surface area contributed by atoms with Crippen LogP contribution < -0.4 is 0 Å². The van der Waals surface area contributed by atoms with E-state index in [0.717, 1.165) is 17.8 Å². The zero-order chi connectivity index (χ0) is 18.8. The summed E-state index contributed by atoms with van der Waals surface area (Å²) in [6.07, 6.45) is 26.0. The number of hydrogen-bond acceptors (Lipinski definition) is 0. The van der Waals surface area contributed by atoms with Gasteiger partial charge in [0, 0.05) is 0 Å². The van der Waals surface area contributed by atoms with Gasteiger partial charge in [-0.1, -0.05) is 124 Å². The molecular formula is C25H50. The smallest absolute Gasteiger partial charge is 0.0322 e. The molecule has 0 aromatic rings. The van der Waals surface area contributed by atoms with Gasteiger partial charge in [0.2, 0.25) is 0 Å². The SMILES string of the molecule is CCCCC(C)CCCCC(CC=CCCCCCC(C)C)CCC. The summed E-state index contributed by atoms with van der Waals surface area (Å²) >= 11 is 0. The van der Waals surface area contributed by atoms with Crippen LogP contribution in [0.5, 0.6) is 0 Å². The van der Waals surface area contributed by atoms with Gasteiger partial charge in [-0.25, -0.2) is 0 Å². The average Bonchev–Trinajstić information content (AvgIpc) is 2.58. The average molecular weight is 351 g/mol. The van der Waals surface area contributed by atoms with E-state index < -0.39 is 0 Å². The summed E-state index contributed by atoms with van der Waals surface area (Å²) in [4.78, 5) is 0. The van der Waals surface area contributed by atoms with Crippen LogP contribution in [0.4, 0.5) is 0 Å². The summed E-state index contributed by atoms with van der Waals surface area (Å²) < 4.78 is 0. The number of allylic oxidation sites excluding steroid dienone is 2. The van der Waals surface area contributed by atoms with Gasteiger partial charge in [0.15, 0.2) is 0 Å². The lowest BCUT2D eigenvalue weighted by Gasteiger charge is -2.15. The van der Waals surface area contributed by atoms with Gasteiger partial charge in [-0.2, -0.15) is 0 Å². The van der Waals surface area contributed by atoms with Crippen molar-refractivity contribution in [1.82, 2.24) is 0 Å². The molecule has 2 unspecified atom stereocenters. The minimum Gasteiger partial charge on any atom is -0.0885 e. The molecule has 0 spiro atoms. The molecule has 0 fully saturated rings. The van der Waals surface area contributed by atoms with Gasteiger partial charge < -0.3 is 0 Å². The van der Waals surface area contributed by atoms with Crippen LogP contribution in [-0.4, -0.2) is 0 Å². The maximum atomic E-state index is 2.49. The predicted molar refractivity (Wildman–Crippen MR) is 117 cm³/mol. The summed E-state index contributed by atoms with van der Waals surface area (Å²) in [6.45, 7) is 11.8. The van der Waals surface area contributed by atoms with Crippen LogP contribution in [0.25, 0.3) is 0 Å². The van der Waals surface area contributed by atoms with Crippen LogP contribution >= 0.6 is 0 Å². The second kappa shape index (κ2) is 18.5. The molecule has 2 atom stereocenters. The van der Waals surface area contributed by atoms with Crippen LogP contribution in [0.1, 0.15) is 131 Å². The lowest BCUT2D eigenvalue weighted by Crippen LogP contribution is -2.00. The largest absolute Gasteiger partial charge is 0.0885 e. The minimum atomic E-state index is 0.875. The molecule has 25 heavy (non-hydrogen) atoms. The zero-order valence-corrected chi connectivity index (χ0v) is 18.5. The topological polar surface area (TPSA) is 0 Å². The van der Waals surface area contributed by atoms with E-state index in [1.54, 1.807) is 0 Å². The molecule has 0 heteroatoms. The Hall–Kier alpha value is -0.260. The van der Waals surface area contributed by atoms with Gasteiger partial charge in [0.05, 0.1) is 0 Å². The first-order valence-corrected chi connectivity index (χ1v) is 11.7. The molecule has 0 radical (unpaired) electrons. The van der Waals surface area contributed by atoms with Crippen molar-refractivity contribution in [3.63, 3.8) is 0 Å². The van der Waals surface area contributed by atoms with Gasteiger partial charge >= 0.3 is 0 Å². The Labute approximate surface area is 161 Å². The van der Waals surface area contributed by atoms with E-state index in [-0.39, 0.29) is 0 Å². The van der Waals surface area contributed by atoms with Crippen LogP contribution in [0, 0.1) is 17.8 Å². The van der Waals surface area contributed by atoms with E-state index in [9.17, 15) is 0 Å². The molecule has 0 bridgehead atoms. The van der Waals surface area contributed by atoms with Crippen molar-refractivity contribution in [2.75, 3.05) is 0 Å². The van der Waals surface area contributed by atoms with Crippen LogP contribution in [0.3, 0.4) is 0 Å². The summed E-state index contributed by atoms with van der Waals surface area (Å²) in [6, 6.07) is 0. The first-order chi connectivity index (χ1) is 12.1. The number of unbranched alkanes of at least 4 members (excludes halogenated alkanes) is 5. The maximum Gasteiger partial charge on any atom is -0.0322 e. The molecule has 0 aliphatic rings. The summed E-state index contributed by atoms with van der Waals surface area (Å²) in [7, 11) is 0. The van der Waals surface area contributed by atoms with E-state index in [2.05, 4.69) is 46.8 Å². The van der Waals surface area contributed by atoms with Crippen LogP contribution in [0.15, 0.2) is 12.2 Å². The minimum absolute atomic E-state index is 0.875.